The van der Waals surface area contributed by atoms with Crippen LogP contribution in [0.15, 0.2) is 30.3 Å². The van der Waals surface area contributed by atoms with E-state index in [0.29, 0.717) is 31.2 Å². The summed E-state index contributed by atoms with van der Waals surface area (Å²) in [6.07, 6.45) is 3.25. The number of hydrogen-bond acceptors (Lipinski definition) is 4. The number of unbranched alkanes of at least 4 members (excludes halogenated alkanes) is 1. The normalized spacial score (nSPS) is 15.1. The van der Waals surface area contributed by atoms with Crippen LogP contribution in [0, 0.1) is 0 Å². The fourth-order valence-corrected chi connectivity index (χ4v) is 2.41. The molecule has 2 unspecified atom stereocenters. The van der Waals surface area contributed by atoms with E-state index in [-0.39, 0.29) is 12.6 Å². The molecule has 2 atom stereocenters. The van der Waals surface area contributed by atoms with Gasteiger partial charge in [0, 0.05) is 12.8 Å². The predicted molar refractivity (Wildman–Crippen MR) is 86.7 cm³/mol. The van der Waals surface area contributed by atoms with Crippen molar-refractivity contribution in [2.75, 3.05) is 6.61 Å². The summed E-state index contributed by atoms with van der Waals surface area (Å²) in [5.41, 5.74) is -0.462. The second kappa shape index (κ2) is 9.59. The number of ether oxygens (including phenoxy) is 1. The van der Waals surface area contributed by atoms with Gasteiger partial charge in [-0.2, -0.15) is 0 Å². The van der Waals surface area contributed by atoms with Crippen molar-refractivity contribution < 1.29 is 19.7 Å². The van der Waals surface area contributed by atoms with Crippen LogP contribution in [-0.4, -0.2) is 34.5 Å². The third-order valence-electron chi connectivity index (χ3n) is 3.89. The monoisotopic (exact) mass is 308 g/mol. The molecular formula is C18H28O4. The molecule has 0 saturated heterocycles. The van der Waals surface area contributed by atoms with Crippen molar-refractivity contribution in [3.63, 3.8) is 0 Å². The molecule has 4 nitrogen and oxygen atoms in total. The standard InChI is InChI=1S/C18H28O4/c1-3-5-11-18(21,14-16(19)4-2)12-13-22-17(20)15-9-7-6-8-10-15/h6-10,16,19,21H,3-5,11-14H2,1-2H3. The third kappa shape index (κ3) is 6.58. The Labute approximate surface area is 133 Å². The van der Waals surface area contributed by atoms with Gasteiger partial charge in [-0.15, -0.1) is 0 Å². The van der Waals surface area contributed by atoms with E-state index in [4.69, 9.17) is 4.74 Å². The van der Waals surface area contributed by atoms with E-state index >= 15 is 0 Å². The van der Waals surface area contributed by atoms with Gasteiger partial charge in [-0.1, -0.05) is 44.9 Å². The summed E-state index contributed by atoms with van der Waals surface area (Å²) >= 11 is 0. The summed E-state index contributed by atoms with van der Waals surface area (Å²) in [5, 5.41) is 20.5. The number of esters is 1. The first-order chi connectivity index (χ1) is 10.5. The largest absolute Gasteiger partial charge is 0.462 e. The lowest BCUT2D eigenvalue weighted by molar-refractivity contribution is -0.0388. The van der Waals surface area contributed by atoms with Gasteiger partial charge in [-0.3, -0.25) is 0 Å². The summed E-state index contributed by atoms with van der Waals surface area (Å²) in [5.74, 6) is -0.380. The average molecular weight is 308 g/mol. The van der Waals surface area contributed by atoms with Crippen molar-refractivity contribution in [1.29, 1.82) is 0 Å². The lowest BCUT2D eigenvalue weighted by Crippen LogP contribution is -2.35. The Bertz CT molecular complexity index is 432. The van der Waals surface area contributed by atoms with Crippen LogP contribution in [0.25, 0.3) is 0 Å². The highest BCUT2D eigenvalue weighted by molar-refractivity contribution is 5.89. The first-order valence-corrected chi connectivity index (χ1v) is 8.13. The van der Waals surface area contributed by atoms with E-state index in [2.05, 4.69) is 6.92 Å². The van der Waals surface area contributed by atoms with E-state index in [9.17, 15) is 15.0 Å². The first kappa shape index (κ1) is 18.7. The van der Waals surface area contributed by atoms with Crippen LogP contribution in [0.2, 0.25) is 0 Å². The van der Waals surface area contributed by atoms with E-state index in [1.54, 1.807) is 24.3 Å². The average Bonchev–Trinajstić information content (AvgIpc) is 2.53. The van der Waals surface area contributed by atoms with Crippen LogP contribution in [0.4, 0.5) is 0 Å². The second-order valence-electron chi connectivity index (χ2n) is 5.85. The minimum atomic E-state index is -0.970. The molecule has 124 valence electrons. The Balaban J connectivity index is 2.50. The van der Waals surface area contributed by atoms with Gasteiger partial charge in [0.15, 0.2) is 0 Å². The number of aliphatic hydroxyl groups excluding tert-OH is 1. The Morgan fingerprint density at radius 3 is 2.50 bits per heavy atom. The number of rotatable bonds is 10. The summed E-state index contributed by atoms with van der Waals surface area (Å²) in [4.78, 5) is 11.9. The number of carbonyl (C=O) groups is 1. The molecule has 0 heterocycles. The van der Waals surface area contributed by atoms with Crippen LogP contribution >= 0.6 is 0 Å². The molecule has 0 fully saturated rings. The van der Waals surface area contributed by atoms with Crippen molar-refractivity contribution in [2.45, 2.75) is 64.1 Å². The van der Waals surface area contributed by atoms with Crippen molar-refractivity contribution in [3.05, 3.63) is 35.9 Å². The number of benzene rings is 1. The first-order valence-electron chi connectivity index (χ1n) is 8.13. The molecule has 0 saturated carbocycles. The fourth-order valence-electron chi connectivity index (χ4n) is 2.41. The third-order valence-corrected chi connectivity index (χ3v) is 3.89. The molecule has 0 aliphatic heterocycles. The predicted octanol–water partition coefficient (Wildman–Crippen LogP) is 3.32. The van der Waals surface area contributed by atoms with Gasteiger partial charge in [-0.25, -0.2) is 4.79 Å². The van der Waals surface area contributed by atoms with Crippen LogP contribution in [0.1, 0.15) is 62.7 Å². The SMILES string of the molecule is CCCCC(O)(CCOC(=O)c1ccccc1)CC(O)CC. The molecule has 0 spiro atoms. The molecule has 1 rings (SSSR count). The molecule has 2 N–H and O–H groups in total. The van der Waals surface area contributed by atoms with Crippen molar-refractivity contribution in [1.82, 2.24) is 0 Å². The highest BCUT2D eigenvalue weighted by Gasteiger charge is 2.29. The van der Waals surface area contributed by atoms with Crippen LogP contribution < -0.4 is 0 Å². The second-order valence-corrected chi connectivity index (χ2v) is 5.85. The molecule has 0 radical (unpaired) electrons. The van der Waals surface area contributed by atoms with E-state index in [1.165, 1.54) is 0 Å². The fraction of sp³-hybridized carbons (Fsp3) is 0.611. The van der Waals surface area contributed by atoms with E-state index < -0.39 is 11.7 Å². The highest BCUT2D eigenvalue weighted by Crippen LogP contribution is 2.25. The molecule has 0 aliphatic rings. The minimum absolute atomic E-state index is 0.157. The van der Waals surface area contributed by atoms with E-state index in [0.717, 1.165) is 12.8 Å². The summed E-state index contributed by atoms with van der Waals surface area (Å²) < 4.78 is 5.24. The Morgan fingerprint density at radius 1 is 1.23 bits per heavy atom. The maximum absolute atomic E-state index is 11.9. The van der Waals surface area contributed by atoms with E-state index in [1.807, 2.05) is 13.0 Å². The van der Waals surface area contributed by atoms with Gasteiger partial charge >= 0.3 is 5.97 Å². The van der Waals surface area contributed by atoms with Gasteiger partial charge in [-0.05, 0) is 25.0 Å². The van der Waals surface area contributed by atoms with Crippen molar-refractivity contribution in [3.8, 4) is 0 Å². The maximum Gasteiger partial charge on any atom is 0.338 e. The van der Waals surface area contributed by atoms with Gasteiger partial charge < -0.3 is 14.9 Å². The Morgan fingerprint density at radius 2 is 1.91 bits per heavy atom. The Kier molecular flexibility index (Phi) is 8.13. The molecule has 22 heavy (non-hydrogen) atoms. The van der Waals surface area contributed by atoms with Gasteiger partial charge in [0.1, 0.15) is 0 Å². The minimum Gasteiger partial charge on any atom is -0.462 e. The Hall–Kier alpha value is -1.39. The van der Waals surface area contributed by atoms with Gasteiger partial charge in [0.05, 0.1) is 23.9 Å². The molecule has 0 aliphatic carbocycles. The van der Waals surface area contributed by atoms with Crippen LogP contribution in [0.5, 0.6) is 0 Å². The van der Waals surface area contributed by atoms with Crippen LogP contribution in [0.3, 0.4) is 0 Å². The zero-order valence-electron chi connectivity index (χ0n) is 13.6. The quantitative estimate of drug-likeness (QED) is 0.651. The maximum atomic E-state index is 11.9. The molecule has 4 heteroatoms. The summed E-state index contributed by atoms with van der Waals surface area (Å²) in [6.45, 7) is 4.11. The topological polar surface area (TPSA) is 66.8 Å². The lowest BCUT2D eigenvalue weighted by Gasteiger charge is -2.30. The molecule has 1 aromatic rings. The lowest BCUT2D eigenvalue weighted by atomic mass is 9.87. The smallest absolute Gasteiger partial charge is 0.338 e. The van der Waals surface area contributed by atoms with Crippen molar-refractivity contribution in [2.24, 2.45) is 0 Å². The molecular weight excluding hydrogens is 280 g/mol. The number of carbonyl (C=O) groups excluding carboxylic acids is 1. The molecule has 1 aromatic carbocycles. The van der Waals surface area contributed by atoms with Crippen molar-refractivity contribution >= 4 is 5.97 Å². The van der Waals surface area contributed by atoms with Crippen LogP contribution in [-0.2, 0) is 4.74 Å². The summed E-state index contributed by atoms with van der Waals surface area (Å²) in [6, 6.07) is 8.81. The number of aliphatic hydroxyl groups is 2. The zero-order chi connectivity index (χ0) is 16.4. The van der Waals surface area contributed by atoms with Gasteiger partial charge in [0.25, 0.3) is 0 Å². The number of hydrogen-bond donors (Lipinski definition) is 2. The molecule has 0 aromatic heterocycles. The highest BCUT2D eigenvalue weighted by atomic mass is 16.5. The summed E-state index contributed by atoms with van der Waals surface area (Å²) in [7, 11) is 0. The molecule has 0 amide bonds. The zero-order valence-corrected chi connectivity index (χ0v) is 13.6. The van der Waals surface area contributed by atoms with Gasteiger partial charge in [0.2, 0.25) is 0 Å². The molecule has 0 bridgehead atoms.